The standard InChI is InChI=1S/C17H18ClNO2/c1-12(20)19(2)16-8-9-17(14(10-16)11-21-3)13-4-6-15(18)7-5-13/h4-10H,11H2,1-3H3. The van der Waals surface area contributed by atoms with Gasteiger partial charge in [-0.1, -0.05) is 29.8 Å². The van der Waals surface area contributed by atoms with Gasteiger partial charge in [0, 0.05) is 31.8 Å². The number of ether oxygens (including phenoxy) is 1. The number of carbonyl (C=O) groups is 1. The summed E-state index contributed by atoms with van der Waals surface area (Å²) in [6, 6.07) is 13.6. The Kier molecular flexibility index (Phi) is 4.99. The quantitative estimate of drug-likeness (QED) is 0.849. The number of benzene rings is 2. The zero-order valence-corrected chi connectivity index (χ0v) is 13.1. The predicted molar refractivity (Wildman–Crippen MR) is 86.7 cm³/mol. The molecule has 0 aliphatic carbocycles. The summed E-state index contributed by atoms with van der Waals surface area (Å²) in [6.45, 7) is 2.03. The second kappa shape index (κ2) is 6.74. The minimum Gasteiger partial charge on any atom is -0.380 e. The van der Waals surface area contributed by atoms with Gasteiger partial charge in [0.2, 0.25) is 5.91 Å². The van der Waals surface area contributed by atoms with Crippen LogP contribution >= 0.6 is 11.6 Å². The maximum absolute atomic E-state index is 11.5. The molecular formula is C17H18ClNO2. The molecule has 0 aliphatic heterocycles. The van der Waals surface area contributed by atoms with E-state index in [1.54, 1.807) is 26.0 Å². The Morgan fingerprint density at radius 1 is 1.19 bits per heavy atom. The van der Waals surface area contributed by atoms with Crippen molar-refractivity contribution in [1.82, 2.24) is 0 Å². The third kappa shape index (κ3) is 3.63. The Bertz CT molecular complexity index is 638. The van der Waals surface area contributed by atoms with Crippen molar-refractivity contribution in [2.24, 2.45) is 0 Å². The maximum atomic E-state index is 11.5. The van der Waals surface area contributed by atoms with Crippen molar-refractivity contribution in [2.75, 3.05) is 19.1 Å². The number of hydrogen-bond acceptors (Lipinski definition) is 2. The maximum Gasteiger partial charge on any atom is 0.223 e. The van der Waals surface area contributed by atoms with Crippen LogP contribution in [-0.2, 0) is 16.1 Å². The molecule has 2 rings (SSSR count). The highest BCUT2D eigenvalue weighted by molar-refractivity contribution is 6.30. The zero-order valence-electron chi connectivity index (χ0n) is 12.4. The molecule has 3 nitrogen and oxygen atoms in total. The second-order valence-corrected chi connectivity index (χ2v) is 5.30. The van der Waals surface area contributed by atoms with Gasteiger partial charge >= 0.3 is 0 Å². The highest BCUT2D eigenvalue weighted by Gasteiger charge is 2.11. The fourth-order valence-electron chi connectivity index (χ4n) is 2.16. The normalized spacial score (nSPS) is 10.5. The highest BCUT2D eigenvalue weighted by Crippen LogP contribution is 2.29. The molecule has 0 fully saturated rings. The molecule has 2 aromatic carbocycles. The lowest BCUT2D eigenvalue weighted by molar-refractivity contribution is -0.116. The average Bonchev–Trinajstić information content (AvgIpc) is 2.48. The van der Waals surface area contributed by atoms with Crippen LogP contribution in [0.5, 0.6) is 0 Å². The molecule has 110 valence electrons. The molecule has 0 radical (unpaired) electrons. The van der Waals surface area contributed by atoms with E-state index < -0.39 is 0 Å². The number of hydrogen-bond donors (Lipinski definition) is 0. The van der Waals surface area contributed by atoms with Crippen LogP contribution in [0.1, 0.15) is 12.5 Å². The molecule has 2 aromatic rings. The molecule has 0 unspecified atom stereocenters. The first-order valence-corrected chi connectivity index (χ1v) is 7.03. The van der Waals surface area contributed by atoms with E-state index in [9.17, 15) is 4.79 Å². The van der Waals surface area contributed by atoms with E-state index in [0.717, 1.165) is 22.4 Å². The summed E-state index contributed by atoms with van der Waals surface area (Å²) < 4.78 is 5.28. The van der Waals surface area contributed by atoms with Crippen LogP contribution in [0.25, 0.3) is 11.1 Å². The van der Waals surface area contributed by atoms with E-state index in [-0.39, 0.29) is 5.91 Å². The first-order chi connectivity index (χ1) is 10.0. The molecule has 0 heterocycles. The van der Waals surface area contributed by atoms with Crippen LogP contribution in [0, 0.1) is 0 Å². The largest absolute Gasteiger partial charge is 0.380 e. The molecule has 0 aliphatic rings. The van der Waals surface area contributed by atoms with Crippen LogP contribution in [0.2, 0.25) is 5.02 Å². The molecular weight excluding hydrogens is 286 g/mol. The van der Waals surface area contributed by atoms with Gasteiger partial charge in [-0.2, -0.15) is 0 Å². The summed E-state index contributed by atoms with van der Waals surface area (Å²) >= 11 is 5.93. The van der Waals surface area contributed by atoms with Gasteiger partial charge in [0.25, 0.3) is 0 Å². The molecule has 0 saturated carbocycles. The van der Waals surface area contributed by atoms with Gasteiger partial charge in [-0.15, -0.1) is 0 Å². The molecule has 0 atom stereocenters. The summed E-state index contributed by atoms with van der Waals surface area (Å²) in [4.78, 5) is 13.1. The molecule has 21 heavy (non-hydrogen) atoms. The molecule has 0 N–H and O–H groups in total. The van der Waals surface area contributed by atoms with Crippen LogP contribution in [0.15, 0.2) is 42.5 Å². The monoisotopic (exact) mass is 303 g/mol. The third-order valence-corrected chi connectivity index (χ3v) is 3.66. The van der Waals surface area contributed by atoms with E-state index >= 15 is 0 Å². The first kappa shape index (κ1) is 15.5. The number of methoxy groups -OCH3 is 1. The summed E-state index contributed by atoms with van der Waals surface area (Å²) in [7, 11) is 3.42. The number of halogens is 1. The number of amides is 1. The number of anilines is 1. The van der Waals surface area contributed by atoms with E-state index in [1.807, 2.05) is 42.5 Å². The fraction of sp³-hybridized carbons (Fsp3) is 0.235. The first-order valence-electron chi connectivity index (χ1n) is 6.65. The van der Waals surface area contributed by atoms with Gasteiger partial charge in [-0.05, 0) is 41.0 Å². The SMILES string of the molecule is COCc1cc(N(C)C(C)=O)ccc1-c1ccc(Cl)cc1. The molecule has 0 spiro atoms. The van der Waals surface area contributed by atoms with Gasteiger partial charge < -0.3 is 9.64 Å². The van der Waals surface area contributed by atoms with Gasteiger partial charge in [0.15, 0.2) is 0 Å². The van der Waals surface area contributed by atoms with Gasteiger partial charge in [-0.3, -0.25) is 4.79 Å². The van der Waals surface area contributed by atoms with Crippen molar-refractivity contribution in [1.29, 1.82) is 0 Å². The average molecular weight is 304 g/mol. The lowest BCUT2D eigenvalue weighted by atomic mass is 9.99. The summed E-state index contributed by atoms with van der Waals surface area (Å²) in [5.74, 6) is -0.00221. The van der Waals surface area contributed by atoms with E-state index in [1.165, 1.54) is 0 Å². The van der Waals surface area contributed by atoms with Crippen LogP contribution in [0.4, 0.5) is 5.69 Å². The molecule has 1 amide bonds. The van der Waals surface area contributed by atoms with Crippen LogP contribution in [-0.4, -0.2) is 20.1 Å². The molecule has 0 saturated heterocycles. The summed E-state index contributed by atoms with van der Waals surface area (Å²) in [5.41, 5.74) is 4.04. The molecule has 0 aromatic heterocycles. The van der Waals surface area contributed by atoms with E-state index in [2.05, 4.69) is 0 Å². The Balaban J connectivity index is 2.46. The Morgan fingerprint density at radius 2 is 1.86 bits per heavy atom. The van der Waals surface area contributed by atoms with Gasteiger partial charge in [0.1, 0.15) is 0 Å². The van der Waals surface area contributed by atoms with Gasteiger partial charge in [0.05, 0.1) is 6.61 Å². The zero-order chi connectivity index (χ0) is 15.4. The lowest BCUT2D eigenvalue weighted by Gasteiger charge is -2.18. The number of rotatable bonds is 4. The van der Waals surface area contributed by atoms with Crippen molar-refractivity contribution in [2.45, 2.75) is 13.5 Å². The van der Waals surface area contributed by atoms with Crippen molar-refractivity contribution >= 4 is 23.2 Å². The highest BCUT2D eigenvalue weighted by atomic mass is 35.5. The molecule has 4 heteroatoms. The lowest BCUT2D eigenvalue weighted by Crippen LogP contribution is -2.22. The topological polar surface area (TPSA) is 29.5 Å². The Morgan fingerprint density at radius 3 is 2.43 bits per heavy atom. The minimum absolute atomic E-state index is 0.00221. The van der Waals surface area contributed by atoms with Crippen LogP contribution < -0.4 is 4.90 Å². The van der Waals surface area contributed by atoms with E-state index in [4.69, 9.17) is 16.3 Å². The Hall–Kier alpha value is -1.84. The van der Waals surface area contributed by atoms with Gasteiger partial charge in [-0.25, -0.2) is 0 Å². The number of nitrogens with zero attached hydrogens (tertiary/aromatic N) is 1. The van der Waals surface area contributed by atoms with Crippen molar-refractivity contribution < 1.29 is 9.53 Å². The summed E-state index contributed by atoms with van der Waals surface area (Å²) in [5, 5.41) is 0.708. The minimum atomic E-state index is -0.00221. The second-order valence-electron chi connectivity index (χ2n) is 4.86. The smallest absolute Gasteiger partial charge is 0.223 e. The third-order valence-electron chi connectivity index (χ3n) is 3.40. The molecule has 0 bridgehead atoms. The van der Waals surface area contributed by atoms with Crippen LogP contribution in [0.3, 0.4) is 0 Å². The van der Waals surface area contributed by atoms with Crippen molar-refractivity contribution in [3.05, 3.63) is 53.1 Å². The fourth-order valence-corrected chi connectivity index (χ4v) is 2.28. The van der Waals surface area contributed by atoms with E-state index in [0.29, 0.717) is 11.6 Å². The Labute approximate surface area is 130 Å². The van der Waals surface area contributed by atoms with Crippen molar-refractivity contribution in [3.8, 4) is 11.1 Å². The summed E-state index contributed by atoms with van der Waals surface area (Å²) in [6.07, 6.45) is 0. The van der Waals surface area contributed by atoms with Crippen molar-refractivity contribution in [3.63, 3.8) is 0 Å². The number of carbonyl (C=O) groups excluding carboxylic acids is 1. The predicted octanol–water partition coefficient (Wildman–Crippen LogP) is 4.14.